The Morgan fingerprint density at radius 1 is 1.21 bits per heavy atom. The number of hydrogen-bond acceptors (Lipinski definition) is 4. The maximum Gasteiger partial charge on any atom is 0.233 e. The number of unbranched alkanes of at least 4 members (excludes halogenated alkanes) is 2. The van der Waals surface area contributed by atoms with Gasteiger partial charge in [-0.15, -0.1) is 0 Å². The highest BCUT2D eigenvalue weighted by Gasteiger charge is 2.41. The minimum absolute atomic E-state index is 0.0354. The fraction of sp³-hybridized carbons (Fsp3) is 0.583. The molecule has 0 bridgehead atoms. The molecule has 0 heterocycles. The number of ketones is 2. The molecule has 2 aliphatic carbocycles. The molecule has 1 unspecified atom stereocenters. The molecular weight excluding hydrogens is 350 g/mol. The van der Waals surface area contributed by atoms with E-state index in [9.17, 15) is 14.7 Å². The van der Waals surface area contributed by atoms with Crippen LogP contribution in [-0.4, -0.2) is 23.2 Å². The van der Waals surface area contributed by atoms with Crippen molar-refractivity contribution in [2.75, 3.05) is 6.54 Å². The van der Waals surface area contributed by atoms with Crippen LogP contribution >= 0.6 is 0 Å². The van der Waals surface area contributed by atoms with Crippen LogP contribution in [0.2, 0.25) is 0 Å². The highest BCUT2D eigenvalue weighted by atomic mass is 16.3. The first-order chi connectivity index (χ1) is 13.3. The third-order valence-corrected chi connectivity index (χ3v) is 5.81. The first-order valence-corrected chi connectivity index (χ1v) is 10.7. The van der Waals surface area contributed by atoms with Crippen molar-refractivity contribution in [3.63, 3.8) is 0 Å². The zero-order valence-corrected chi connectivity index (χ0v) is 17.9. The SMILES string of the molecule is C=C(C)[C@@H]1CCC(C)=CC1C1=C(O)C(NCCCCC)=C(CCC)C(=O)C1=O. The number of hydrogen-bond donors (Lipinski definition) is 2. The van der Waals surface area contributed by atoms with Crippen molar-refractivity contribution < 1.29 is 14.7 Å². The minimum Gasteiger partial charge on any atom is -0.505 e. The molecule has 0 aromatic rings. The summed E-state index contributed by atoms with van der Waals surface area (Å²) in [6.07, 6.45) is 8.24. The topological polar surface area (TPSA) is 66.4 Å². The van der Waals surface area contributed by atoms with Crippen LogP contribution < -0.4 is 5.32 Å². The fourth-order valence-electron chi connectivity index (χ4n) is 4.24. The van der Waals surface area contributed by atoms with Gasteiger partial charge in [0.1, 0.15) is 5.76 Å². The van der Waals surface area contributed by atoms with Gasteiger partial charge in [-0.2, -0.15) is 0 Å². The van der Waals surface area contributed by atoms with E-state index in [0.717, 1.165) is 44.1 Å². The van der Waals surface area contributed by atoms with E-state index in [2.05, 4.69) is 18.8 Å². The number of allylic oxidation sites excluding steroid dienone is 5. The number of rotatable bonds is 9. The summed E-state index contributed by atoms with van der Waals surface area (Å²) in [5.74, 6) is -1.29. The van der Waals surface area contributed by atoms with Crippen molar-refractivity contribution in [2.45, 2.75) is 72.6 Å². The second kappa shape index (κ2) is 9.90. The van der Waals surface area contributed by atoms with Crippen LogP contribution in [0.5, 0.6) is 0 Å². The van der Waals surface area contributed by atoms with Crippen molar-refractivity contribution in [3.8, 4) is 0 Å². The lowest BCUT2D eigenvalue weighted by molar-refractivity contribution is -0.133. The maximum absolute atomic E-state index is 13.0. The summed E-state index contributed by atoms with van der Waals surface area (Å²) in [5.41, 5.74) is 3.30. The summed E-state index contributed by atoms with van der Waals surface area (Å²) in [4.78, 5) is 26.0. The summed E-state index contributed by atoms with van der Waals surface area (Å²) < 4.78 is 0. The van der Waals surface area contributed by atoms with Gasteiger partial charge in [0, 0.05) is 18.0 Å². The molecule has 4 heteroatoms. The molecule has 2 rings (SSSR count). The van der Waals surface area contributed by atoms with E-state index in [0.29, 0.717) is 24.2 Å². The minimum atomic E-state index is -0.553. The van der Waals surface area contributed by atoms with Gasteiger partial charge in [0.25, 0.3) is 0 Å². The summed E-state index contributed by atoms with van der Waals surface area (Å²) in [6.45, 7) is 12.9. The van der Waals surface area contributed by atoms with Gasteiger partial charge in [-0.1, -0.05) is 56.9 Å². The highest BCUT2D eigenvalue weighted by molar-refractivity contribution is 6.50. The van der Waals surface area contributed by atoms with Gasteiger partial charge in [-0.05, 0) is 45.4 Å². The Kier molecular flexibility index (Phi) is 7.85. The summed E-state index contributed by atoms with van der Waals surface area (Å²) in [6, 6.07) is 0. The Hall–Kier alpha value is -2.10. The molecule has 2 N–H and O–H groups in total. The molecule has 0 saturated heterocycles. The molecule has 0 aromatic carbocycles. The molecule has 0 aromatic heterocycles. The summed E-state index contributed by atoms with van der Waals surface area (Å²) >= 11 is 0. The van der Waals surface area contributed by atoms with Gasteiger partial charge in [0.15, 0.2) is 0 Å². The third kappa shape index (κ3) is 4.65. The van der Waals surface area contributed by atoms with Gasteiger partial charge >= 0.3 is 0 Å². The van der Waals surface area contributed by atoms with E-state index in [1.807, 2.05) is 26.8 Å². The molecule has 0 fully saturated rings. The molecule has 28 heavy (non-hydrogen) atoms. The van der Waals surface area contributed by atoms with Gasteiger partial charge in [0.05, 0.1) is 11.3 Å². The van der Waals surface area contributed by atoms with Crippen molar-refractivity contribution >= 4 is 11.6 Å². The van der Waals surface area contributed by atoms with Crippen LogP contribution in [0.4, 0.5) is 0 Å². The molecule has 0 amide bonds. The molecule has 0 saturated carbocycles. The second-order valence-corrected chi connectivity index (χ2v) is 8.19. The number of aliphatic hydroxyl groups is 1. The largest absolute Gasteiger partial charge is 0.505 e. The van der Waals surface area contributed by atoms with Crippen molar-refractivity contribution in [3.05, 3.63) is 46.4 Å². The lowest BCUT2D eigenvalue weighted by Crippen LogP contribution is -2.36. The normalized spacial score (nSPS) is 23.2. The zero-order valence-electron chi connectivity index (χ0n) is 17.9. The van der Waals surface area contributed by atoms with Crippen molar-refractivity contribution in [2.24, 2.45) is 11.8 Å². The molecule has 154 valence electrons. The molecule has 0 spiro atoms. The van der Waals surface area contributed by atoms with Crippen LogP contribution in [0.15, 0.2) is 46.4 Å². The average molecular weight is 386 g/mol. The van der Waals surface area contributed by atoms with Crippen molar-refractivity contribution in [1.29, 1.82) is 0 Å². The quantitative estimate of drug-likeness (QED) is 0.243. The number of Topliss-reactive ketones (excluding diaryl/α,β-unsaturated/α-hetero) is 2. The lowest BCUT2D eigenvalue weighted by atomic mass is 9.70. The number of carbonyl (C=O) groups excluding carboxylic acids is 2. The maximum atomic E-state index is 13.0. The van der Waals surface area contributed by atoms with Gasteiger partial charge < -0.3 is 10.4 Å². The molecular formula is C24H35NO3. The third-order valence-electron chi connectivity index (χ3n) is 5.81. The van der Waals surface area contributed by atoms with E-state index in [1.54, 1.807) is 0 Å². The average Bonchev–Trinajstić information content (AvgIpc) is 2.65. The predicted molar refractivity (Wildman–Crippen MR) is 114 cm³/mol. The number of carbonyl (C=O) groups is 2. The molecule has 0 aliphatic heterocycles. The lowest BCUT2D eigenvalue weighted by Gasteiger charge is -2.33. The Bertz CT molecular complexity index is 739. The molecule has 2 aliphatic rings. The fourth-order valence-corrected chi connectivity index (χ4v) is 4.24. The van der Waals surface area contributed by atoms with E-state index in [1.165, 1.54) is 5.57 Å². The zero-order chi connectivity index (χ0) is 20.8. The van der Waals surface area contributed by atoms with Crippen LogP contribution in [0, 0.1) is 11.8 Å². The van der Waals surface area contributed by atoms with Gasteiger partial charge in [-0.25, -0.2) is 0 Å². The van der Waals surface area contributed by atoms with E-state index >= 15 is 0 Å². The summed E-state index contributed by atoms with van der Waals surface area (Å²) in [5, 5.41) is 14.4. The summed E-state index contributed by atoms with van der Waals surface area (Å²) in [7, 11) is 0. The molecule has 0 radical (unpaired) electrons. The Morgan fingerprint density at radius 2 is 1.93 bits per heavy atom. The predicted octanol–water partition coefficient (Wildman–Crippen LogP) is 5.33. The van der Waals surface area contributed by atoms with Crippen molar-refractivity contribution in [1.82, 2.24) is 5.32 Å². The van der Waals surface area contributed by atoms with E-state index < -0.39 is 11.6 Å². The van der Waals surface area contributed by atoms with Crippen LogP contribution in [0.25, 0.3) is 0 Å². The smallest absolute Gasteiger partial charge is 0.233 e. The van der Waals surface area contributed by atoms with E-state index in [4.69, 9.17) is 0 Å². The van der Waals surface area contributed by atoms with Crippen LogP contribution in [0.1, 0.15) is 72.6 Å². The number of aliphatic hydroxyl groups excluding tert-OH is 1. The number of nitrogens with one attached hydrogen (secondary N) is 1. The second-order valence-electron chi connectivity index (χ2n) is 8.19. The molecule has 2 atom stereocenters. The van der Waals surface area contributed by atoms with Gasteiger partial charge in [0.2, 0.25) is 11.6 Å². The van der Waals surface area contributed by atoms with E-state index in [-0.39, 0.29) is 23.2 Å². The van der Waals surface area contributed by atoms with Crippen LogP contribution in [-0.2, 0) is 9.59 Å². The first-order valence-electron chi connectivity index (χ1n) is 10.7. The monoisotopic (exact) mass is 385 g/mol. The first kappa shape index (κ1) is 22.2. The van der Waals surface area contributed by atoms with Crippen LogP contribution in [0.3, 0.4) is 0 Å². The Labute approximate surface area is 169 Å². The highest BCUT2D eigenvalue weighted by Crippen LogP contribution is 2.41. The standard InChI is InChI=1S/C24H35NO3/c1-6-8-9-13-25-21-18(10-7-2)22(26)24(28)20(23(21)27)19-14-16(5)11-12-17(19)15(3)4/h14,17,19,25,27H,3,6-13H2,1-2,4-5H3/t17-,19?/m0/s1. The molecule has 4 nitrogen and oxygen atoms in total. The van der Waals surface area contributed by atoms with Gasteiger partial charge in [-0.3, -0.25) is 9.59 Å². The Morgan fingerprint density at radius 3 is 2.54 bits per heavy atom. The Balaban J connectivity index is 2.52.